The van der Waals surface area contributed by atoms with Gasteiger partial charge in [0, 0.05) is 19.7 Å². The zero-order valence-electron chi connectivity index (χ0n) is 14.4. The third-order valence-corrected chi connectivity index (χ3v) is 4.10. The molecule has 0 radical (unpaired) electrons. The number of nitrogens with zero attached hydrogens (tertiary/aromatic N) is 5. The number of alkyl halides is 3. The van der Waals surface area contributed by atoms with Gasteiger partial charge in [0.25, 0.3) is 5.91 Å². The van der Waals surface area contributed by atoms with Gasteiger partial charge in [-0.25, -0.2) is 4.98 Å². The molecule has 3 aromatic rings. The molecule has 1 amide bonds. The normalized spacial score (nSPS) is 11.4. The van der Waals surface area contributed by atoms with Crippen LogP contribution < -0.4 is 0 Å². The van der Waals surface area contributed by atoms with Gasteiger partial charge < -0.3 is 4.90 Å². The summed E-state index contributed by atoms with van der Waals surface area (Å²) in [6, 6.07) is 7.95. The van der Waals surface area contributed by atoms with Crippen LogP contribution in [0.25, 0.3) is 22.3 Å². The van der Waals surface area contributed by atoms with Crippen LogP contribution in [0, 0.1) is 11.3 Å². The Hall–Kier alpha value is -3.41. The first-order valence-electron chi connectivity index (χ1n) is 7.85. The van der Waals surface area contributed by atoms with E-state index in [9.17, 15) is 18.0 Å². The summed E-state index contributed by atoms with van der Waals surface area (Å²) < 4.78 is 39.8. The molecule has 0 N–H and O–H groups in total. The number of carbonyl (C=O) groups is 1. The fourth-order valence-corrected chi connectivity index (χ4v) is 2.65. The minimum absolute atomic E-state index is 0.0987. The number of aryl methyl sites for hydroxylation is 1. The molecule has 0 aliphatic carbocycles. The lowest BCUT2D eigenvalue weighted by Gasteiger charge is -2.15. The number of hydrogen-bond donors (Lipinski definition) is 0. The molecule has 3 rings (SSSR count). The Morgan fingerprint density at radius 1 is 1.30 bits per heavy atom. The van der Waals surface area contributed by atoms with E-state index in [4.69, 9.17) is 5.26 Å². The minimum atomic E-state index is -4.43. The van der Waals surface area contributed by atoms with Crippen molar-refractivity contribution in [3.63, 3.8) is 0 Å². The molecule has 0 saturated carbocycles. The summed E-state index contributed by atoms with van der Waals surface area (Å²) in [6.45, 7) is -0.0987. The summed E-state index contributed by atoms with van der Waals surface area (Å²) in [6.07, 6.45) is -2.94. The third kappa shape index (κ3) is 3.46. The SMILES string of the molecule is CN(CC#N)C(=O)c1cc(-c2ccc(C(F)(F)F)cc2)nc2c1cnn2C. The molecule has 1 aromatic carbocycles. The van der Waals surface area contributed by atoms with E-state index in [1.807, 2.05) is 6.07 Å². The van der Waals surface area contributed by atoms with E-state index < -0.39 is 17.6 Å². The maximum absolute atomic E-state index is 12.8. The van der Waals surface area contributed by atoms with Crippen LogP contribution in [0.2, 0.25) is 0 Å². The predicted octanol–water partition coefficient (Wildman–Crippen LogP) is 3.25. The van der Waals surface area contributed by atoms with Crippen LogP contribution in [-0.4, -0.2) is 39.2 Å². The van der Waals surface area contributed by atoms with Crippen LogP contribution in [0.4, 0.5) is 13.2 Å². The number of fused-ring (bicyclic) bond motifs is 1. The Morgan fingerprint density at radius 2 is 1.96 bits per heavy atom. The Bertz CT molecular complexity index is 1050. The van der Waals surface area contributed by atoms with Crippen molar-refractivity contribution in [1.29, 1.82) is 5.26 Å². The first-order valence-corrected chi connectivity index (χ1v) is 7.85. The minimum Gasteiger partial charge on any atom is -0.328 e. The molecule has 27 heavy (non-hydrogen) atoms. The molecule has 0 saturated heterocycles. The summed E-state index contributed by atoms with van der Waals surface area (Å²) in [5, 5.41) is 13.4. The van der Waals surface area contributed by atoms with E-state index in [1.54, 1.807) is 7.05 Å². The van der Waals surface area contributed by atoms with E-state index in [1.165, 1.54) is 41.0 Å². The quantitative estimate of drug-likeness (QED) is 0.661. The molecule has 0 spiro atoms. The maximum atomic E-state index is 12.8. The molecule has 0 aliphatic heterocycles. The summed E-state index contributed by atoms with van der Waals surface area (Å²) in [5.74, 6) is -0.398. The Morgan fingerprint density at radius 3 is 2.56 bits per heavy atom. The van der Waals surface area contributed by atoms with Crippen LogP contribution in [0.3, 0.4) is 0 Å². The second-order valence-electron chi connectivity index (χ2n) is 5.95. The third-order valence-electron chi connectivity index (χ3n) is 4.10. The van der Waals surface area contributed by atoms with Gasteiger partial charge in [-0.05, 0) is 18.2 Å². The van der Waals surface area contributed by atoms with E-state index in [0.29, 0.717) is 22.3 Å². The highest BCUT2D eigenvalue weighted by Gasteiger charge is 2.30. The number of aromatic nitrogens is 3. The lowest BCUT2D eigenvalue weighted by atomic mass is 10.0. The summed E-state index contributed by atoms with van der Waals surface area (Å²) >= 11 is 0. The average Bonchev–Trinajstić information content (AvgIpc) is 3.01. The molecule has 0 atom stereocenters. The standard InChI is InChI=1S/C18H14F3N5O/c1-25(8-7-22)17(27)13-9-15(24-16-14(13)10-23-26(16)2)11-3-5-12(6-4-11)18(19,20)21/h3-6,9-10H,8H2,1-2H3. The fourth-order valence-electron chi connectivity index (χ4n) is 2.65. The topological polar surface area (TPSA) is 74.8 Å². The maximum Gasteiger partial charge on any atom is 0.416 e. The second kappa shape index (κ2) is 6.72. The smallest absolute Gasteiger partial charge is 0.328 e. The van der Waals surface area contributed by atoms with Crippen molar-refractivity contribution in [2.45, 2.75) is 6.18 Å². The van der Waals surface area contributed by atoms with E-state index in [-0.39, 0.29) is 12.1 Å². The second-order valence-corrected chi connectivity index (χ2v) is 5.95. The van der Waals surface area contributed by atoms with E-state index in [2.05, 4.69) is 10.1 Å². The van der Waals surface area contributed by atoms with Crippen molar-refractivity contribution in [3.8, 4) is 17.3 Å². The van der Waals surface area contributed by atoms with Gasteiger partial charge in [0.2, 0.25) is 0 Å². The number of pyridine rings is 1. The zero-order valence-corrected chi connectivity index (χ0v) is 14.4. The number of rotatable bonds is 3. The predicted molar refractivity (Wildman–Crippen MR) is 91.5 cm³/mol. The van der Waals surface area contributed by atoms with Gasteiger partial charge in [0.1, 0.15) is 6.54 Å². The Kier molecular flexibility index (Phi) is 4.57. The van der Waals surface area contributed by atoms with Gasteiger partial charge in [-0.3, -0.25) is 9.48 Å². The molecular weight excluding hydrogens is 359 g/mol. The first-order chi connectivity index (χ1) is 12.7. The number of benzene rings is 1. The highest BCUT2D eigenvalue weighted by Crippen LogP contribution is 2.31. The number of hydrogen-bond acceptors (Lipinski definition) is 4. The number of amides is 1. The first kappa shape index (κ1) is 18.4. The van der Waals surface area contributed by atoms with Crippen LogP contribution in [-0.2, 0) is 13.2 Å². The molecule has 0 fully saturated rings. The van der Waals surface area contributed by atoms with Crippen LogP contribution in [0.5, 0.6) is 0 Å². The monoisotopic (exact) mass is 373 g/mol. The lowest BCUT2D eigenvalue weighted by molar-refractivity contribution is -0.137. The van der Waals surface area contributed by atoms with Crippen LogP contribution >= 0.6 is 0 Å². The molecule has 2 heterocycles. The van der Waals surface area contributed by atoms with Gasteiger partial charge in [0.05, 0.1) is 34.5 Å². The zero-order chi connectivity index (χ0) is 19.8. The fraction of sp³-hybridized carbons (Fsp3) is 0.222. The van der Waals surface area contributed by atoms with Crippen LogP contribution in [0.1, 0.15) is 15.9 Å². The molecule has 2 aromatic heterocycles. The van der Waals surface area contributed by atoms with Crippen molar-refractivity contribution < 1.29 is 18.0 Å². The summed E-state index contributed by atoms with van der Waals surface area (Å²) in [5.41, 5.74) is 0.705. The molecule has 138 valence electrons. The lowest BCUT2D eigenvalue weighted by Crippen LogP contribution is -2.27. The van der Waals surface area contributed by atoms with Crippen molar-refractivity contribution >= 4 is 16.9 Å². The van der Waals surface area contributed by atoms with Gasteiger partial charge in [-0.15, -0.1) is 0 Å². The summed E-state index contributed by atoms with van der Waals surface area (Å²) in [4.78, 5) is 18.4. The van der Waals surface area contributed by atoms with Gasteiger partial charge in [-0.2, -0.15) is 23.5 Å². The Labute approximate surface area is 152 Å². The number of halogens is 3. The van der Waals surface area contributed by atoms with Gasteiger partial charge in [0.15, 0.2) is 5.65 Å². The van der Waals surface area contributed by atoms with Crippen molar-refractivity contribution in [1.82, 2.24) is 19.7 Å². The van der Waals surface area contributed by atoms with Gasteiger partial charge >= 0.3 is 6.18 Å². The average molecular weight is 373 g/mol. The largest absolute Gasteiger partial charge is 0.416 e. The molecule has 0 bridgehead atoms. The molecular formula is C18H14F3N5O. The van der Waals surface area contributed by atoms with Crippen molar-refractivity contribution in [2.75, 3.05) is 13.6 Å². The van der Waals surface area contributed by atoms with Crippen molar-refractivity contribution in [2.24, 2.45) is 7.05 Å². The molecule has 0 unspecified atom stereocenters. The number of carbonyl (C=O) groups excluding carboxylic acids is 1. The van der Waals surface area contributed by atoms with Crippen molar-refractivity contribution in [3.05, 3.63) is 47.7 Å². The van der Waals surface area contributed by atoms with E-state index in [0.717, 1.165) is 12.1 Å². The van der Waals surface area contributed by atoms with Gasteiger partial charge in [-0.1, -0.05) is 12.1 Å². The number of nitriles is 1. The highest BCUT2D eigenvalue weighted by atomic mass is 19.4. The molecule has 6 nitrogen and oxygen atoms in total. The Balaban J connectivity index is 2.13. The summed E-state index contributed by atoms with van der Waals surface area (Å²) in [7, 11) is 3.14. The van der Waals surface area contributed by atoms with Crippen LogP contribution in [0.15, 0.2) is 36.5 Å². The highest BCUT2D eigenvalue weighted by molar-refractivity contribution is 6.06. The molecule has 0 aliphatic rings. The van der Waals surface area contributed by atoms with E-state index >= 15 is 0 Å². The molecule has 9 heteroatoms.